The van der Waals surface area contributed by atoms with E-state index in [1.165, 1.54) is 0 Å². The molecule has 1 rings (SSSR count). The maximum Gasteiger partial charge on any atom is 0.0595 e. The van der Waals surface area contributed by atoms with Gasteiger partial charge in [-0.3, -0.25) is 0 Å². The van der Waals surface area contributed by atoms with Crippen molar-refractivity contribution in [2.24, 2.45) is 0 Å². The molecule has 2 atom stereocenters. The second-order valence-corrected chi connectivity index (χ2v) is 4.64. The third-order valence-corrected chi connectivity index (χ3v) is 3.31. The number of halogens is 2. The van der Waals surface area contributed by atoms with Gasteiger partial charge in [-0.05, 0) is 31.0 Å². The van der Waals surface area contributed by atoms with Crippen molar-refractivity contribution in [2.75, 3.05) is 0 Å². The first-order chi connectivity index (χ1) is 7.58. The minimum absolute atomic E-state index is 0.277. The maximum absolute atomic E-state index is 6.01. The first kappa shape index (κ1) is 13.6. The third kappa shape index (κ3) is 3.51. The Morgan fingerprint density at radius 1 is 1.38 bits per heavy atom. The molecule has 16 heavy (non-hydrogen) atoms. The fraction of sp³-hybridized carbons (Fsp3) is 0.385. The Balaban J connectivity index is 2.86. The second kappa shape index (κ2) is 6.29. The van der Waals surface area contributed by atoms with Gasteiger partial charge in [0.05, 0.1) is 10.0 Å². The van der Waals surface area contributed by atoms with E-state index in [0.29, 0.717) is 10.0 Å². The molecule has 0 aromatic heterocycles. The van der Waals surface area contributed by atoms with Crippen LogP contribution in [0.4, 0.5) is 0 Å². The van der Waals surface area contributed by atoms with E-state index in [9.17, 15) is 0 Å². The van der Waals surface area contributed by atoms with Crippen LogP contribution >= 0.6 is 23.2 Å². The lowest BCUT2D eigenvalue weighted by Crippen LogP contribution is -2.28. The van der Waals surface area contributed by atoms with Gasteiger partial charge in [-0.1, -0.05) is 42.3 Å². The predicted octanol–water partition coefficient (Wildman–Crippen LogP) is 4.61. The molecule has 0 fully saturated rings. The normalized spacial score (nSPS) is 14.5. The van der Waals surface area contributed by atoms with E-state index in [1.807, 2.05) is 24.3 Å². The van der Waals surface area contributed by atoms with Gasteiger partial charge in [-0.25, -0.2) is 0 Å². The van der Waals surface area contributed by atoms with Crippen molar-refractivity contribution in [1.29, 1.82) is 0 Å². The average Bonchev–Trinajstić information content (AvgIpc) is 2.29. The molecule has 0 bridgehead atoms. The van der Waals surface area contributed by atoms with Crippen LogP contribution in [0.3, 0.4) is 0 Å². The zero-order chi connectivity index (χ0) is 12.1. The molecular weight excluding hydrogens is 241 g/mol. The minimum Gasteiger partial charge on any atom is -0.304 e. The largest absolute Gasteiger partial charge is 0.304 e. The first-order valence-electron chi connectivity index (χ1n) is 5.42. The molecule has 1 N–H and O–H groups in total. The smallest absolute Gasteiger partial charge is 0.0595 e. The highest BCUT2D eigenvalue weighted by molar-refractivity contribution is 6.42. The van der Waals surface area contributed by atoms with Gasteiger partial charge in [0, 0.05) is 12.1 Å². The molecule has 0 aliphatic carbocycles. The van der Waals surface area contributed by atoms with E-state index in [2.05, 4.69) is 25.7 Å². The molecule has 1 nitrogen and oxygen atoms in total. The van der Waals surface area contributed by atoms with Crippen LogP contribution in [-0.4, -0.2) is 6.04 Å². The van der Waals surface area contributed by atoms with Crippen molar-refractivity contribution in [3.05, 3.63) is 46.5 Å². The predicted molar refractivity (Wildman–Crippen MR) is 72.3 cm³/mol. The summed E-state index contributed by atoms with van der Waals surface area (Å²) in [5, 5.41) is 4.66. The summed E-state index contributed by atoms with van der Waals surface area (Å²) in [6.45, 7) is 7.98. The number of hydrogen-bond donors (Lipinski definition) is 1. The van der Waals surface area contributed by atoms with Crippen LogP contribution in [-0.2, 0) is 0 Å². The highest BCUT2D eigenvalue weighted by atomic mass is 35.5. The molecule has 0 aliphatic rings. The molecule has 0 spiro atoms. The summed E-state index contributed by atoms with van der Waals surface area (Å²) < 4.78 is 0. The molecule has 0 saturated heterocycles. The minimum atomic E-state index is 0.277. The van der Waals surface area contributed by atoms with Crippen molar-refractivity contribution in [2.45, 2.75) is 32.4 Å². The number of nitrogens with one attached hydrogen (secondary N) is 1. The van der Waals surface area contributed by atoms with Gasteiger partial charge < -0.3 is 5.32 Å². The summed E-state index contributed by atoms with van der Waals surface area (Å²) in [4.78, 5) is 0. The Bertz CT molecular complexity index is 363. The van der Waals surface area contributed by atoms with Crippen molar-refractivity contribution >= 4 is 23.2 Å². The summed E-state index contributed by atoms with van der Waals surface area (Å²) in [5.74, 6) is 0. The molecule has 0 heterocycles. The molecule has 1 aromatic carbocycles. The maximum atomic E-state index is 6.01. The fourth-order valence-electron chi connectivity index (χ4n) is 1.56. The van der Waals surface area contributed by atoms with E-state index in [1.54, 1.807) is 0 Å². The van der Waals surface area contributed by atoms with Gasteiger partial charge in [-0.15, -0.1) is 6.58 Å². The lowest BCUT2D eigenvalue weighted by atomic mass is 10.0. The summed E-state index contributed by atoms with van der Waals surface area (Å²) >= 11 is 11.9. The Morgan fingerprint density at radius 3 is 2.56 bits per heavy atom. The van der Waals surface area contributed by atoms with Crippen molar-refractivity contribution < 1.29 is 0 Å². The van der Waals surface area contributed by atoms with E-state index < -0.39 is 0 Å². The Kier molecular flexibility index (Phi) is 5.33. The topological polar surface area (TPSA) is 12.0 Å². The second-order valence-electron chi connectivity index (χ2n) is 3.83. The summed E-state index contributed by atoms with van der Waals surface area (Å²) in [6, 6.07) is 6.32. The van der Waals surface area contributed by atoms with Crippen LogP contribution in [0.25, 0.3) is 0 Å². The van der Waals surface area contributed by atoms with E-state index >= 15 is 0 Å². The quantitative estimate of drug-likeness (QED) is 0.760. The van der Waals surface area contributed by atoms with Crippen LogP contribution in [0.2, 0.25) is 10.0 Å². The lowest BCUT2D eigenvalue weighted by Gasteiger charge is -2.21. The molecular formula is C13H17Cl2N. The third-order valence-electron chi connectivity index (χ3n) is 2.57. The number of rotatable bonds is 5. The van der Waals surface area contributed by atoms with E-state index in [4.69, 9.17) is 23.2 Å². The van der Waals surface area contributed by atoms with E-state index in [0.717, 1.165) is 12.0 Å². The zero-order valence-corrected chi connectivity index (χ0v) is 11.1. The fourth-order valence-corrected chi connectivity index (χ4v) is 1.87. The van der Waals surface area contributed by atoms with Gasteiger partial charge >= 0.3 is 0 Å². The highest BCUT2D eigenvalue weighted by Crippen LogP contribution is 2.27. The van der Waals surface area contributed by atoms with Crippen molar-refractivity contribution in [3.8, 4) is 0 Å². The van der Waals surface area contributed by atoms with Gasteiger partial charge in [0.1, 0.15) is 0 Å². The molecule has 0 aliphatic heterocycles. The van der Waals surface area contributed by atoms with Crippen molar-refractivity contribution in [1.82, 2.24) is 5.32 Å². The molecule has 1 aromatic rings. The molecule has 0 saturated carbocycles. The number of hydrogen-bond acceptors (Lipinski definition) is 1. The average molecular weight is 258 g/mol. The van der Waals surface area contributed by atoms with Crippen molar-refractivity contribution in [3.63, 3.8) is 0 Å². The molecule has 0 radical (unpaired) electrons. The Morgan fingerprint density at radius 2 is 2.06 bits per heavy atom. The molecule has 0 amide bonds. The van der Waals surface area contributed by atoms with Crippen LogP contribution in [0.1, 0.15) is 31.9 Å². The van der Waals surface area contributed by atoms with Gasteiger partial charge in [0.25, 0.3) is 0 Å². The lowest BCUT2D eigenvalue weighted by molar-refractivity contribution is 0.490. The van der Waals surface area contributed by atoms with Crippen LogP contribution in [0.15, 0.2) is 30.9 Å². The molecule has 88 valence electrons. The van der Waals surface area contributed by atoms with Crippen LogP contribution in [0.5, 0.6) is 0 Å². The number of benzene rings is 1. The molecule has 2 unspecified atom stereocenters. The summed E-state index contributed by atoms with van der Waals surface area (Å²) in [7, 11) is 0. The monoisotopic (exact) mass is 257 g/mol. The Hall–Kier alpha value is -0.500. The standard InChI is InChI=1S/C13H17Cl2N/c1-4-9(3)16-13(5-2)10-6-7-11(14)12(15)8-10/h4,6-9,13,16H,1,5H2,2-3H3. The highest BCUT2D eigenvalue weighted by Gasteiger charge is 2.11. The SMILES string of the molecule is C=CC(C)NC(CC)c1ccc(Cl)c(Cl)c1. The summed E-state index contributed by atoms with van der Waals surface area (Å²) in [6.07, 6.45) is 2.89. The zero-order valence-electron chi connectivity index (χ0n) is 9.63. The summed E-state index contributed by atoms with van der Waals surface area (Å²) in [5.41, 5.74) is 1.16. The first-order valence-corrected chi connectivity index (χ1v) is 6.17. The van der Waals surface area contributed by atoms with Gasteiger partial charge in [0.2, 0.25) is 0 Å². The Labute approximate surface area is 107 Å². The molecule has 3 heteroatoms. The van der Waals surface area contributed by atoms with E-state index in [-0.39, 0.29) is 12.1 Å². The van der Waals surface area contributed by atoms with Gasteiger partial charge in [-0.2, -0.15) is 0 Å². The van der Waals surface area contributed by atoms with Crippen LogP contribution in [0, 0.1) is 0 Å². The van der Waals surface area contributed by atoms with Gasteiger partial charge in [0.15, 0.2) is 0 Å². The van der Waals surface area contributed by atoms with Crippen LogP contribution < -0.4 is 5.32 Å².